The molecule has 0 radical (unpaired) electrons. The quantitative estimate of drug-likeness (QED) is 0.0174. The van der Waals surface area contributed by atoms with Crippen molar-refractivity contribution in [1.82, 2.24) is 19.8 Å². The first-order valence-electron chi connectivity index (χ1n) is 29.5. The summed E-state index contributed by atoms with van der Waals surface area (Å²) in [5.74, 6) is -4.39. The summed E-state index contributed by atoms with van der Waals surface area (Å²) >= 11 is 5.48. The number of aliphatic imine (C=N–C) groups is 2. The van der Waals surface area contributed by atoms with Crippen LogP contribution in [0.4, 0.5) is 32.8 Å². The Morgan fingerprint density at radius 3 is 1.38 bits per heavy atom. The zero-order valence-corrected chi connectivity index (χ0v) is 59.5. The van der Waals surface area contributed by atoms with Crippen LogP contribution in [-0.2, 0) is 49.1 Å². The first-order chi connectivity index (χ1) is 42.3. The fraction of sp³-hybridized carbons (Fsp3) is 0.492. The molecule has 4 aliphatic rings. The van der Waals surface area contributed by atoms with E-state index in [0.717, 1.165) is 35.6 Å². The molecule has 17 nitrogen and oxygen atoms in total. The highest BCUT2D eigenvalue weighted by Crippen LogP contribution is 2.68. The van der Waals surface area contributed by atoms with Gasteiger partial charge in [0.2, 0.25) is 5.69 Å². The van der Waals surface area contributed by atoms with Gasteiger partial charge in [0.15, 0.2) is 10.3 Å². The third-order valence-corrected chi connectivity index (χ3v) is 22.1. The van der Waals surface area contributed by atoms with Gasteiger partial charge in [-0.15, -0.1) is 0 Å². The van der Waals surface area contributed by atoms with Gasteiger partial charge in [0.05, 0.1) is 43.3 Å². The van der Waals surface area contributed by atoms with Gasteiger partial charge < -0.3 is 28.4 Å². The van der Waals surface area contributed by atoms with Crippen LogP contribution in [0.25, 0.3) is 28.7 Å². The first kappa shape index (κ1) is 72.2. The van der Waals surface area contributed by atoms with Crippen LogP contribution in [0, 0.1) is 30.0 Å². The number of ether oxygens (including phenoxy) is 6. The molecule has 2 fully saturated rings. The van der Waals surface area contributed by atoms with Gasteiger partial charge in [0.25, 0.3) is 0 Å². The summed E-state index contributed by atoms with van der Waals surface area (Å²) in [7, 11) is -0.269. The number of nitrogens with zero attached hydrogens (tertiary/aromatic N) is 7. The number of pyridine rings is 2. The standard InChI is InChI=1S/C33H40F2N4O5SSi.C32H40BrF2N3O5SSi/c1-31(2,3)44-30(41)39(20-43-14-15-46(7,8)9)29-38-32(4,27-18-33(27,45-29)28(40)42-6)23-16-21(10-12-24(23)34)17-25(35)26-13-11-22(36-5)19-37-26;1-30(2,3)43-29(40)38(19-42-13-14-45(6,7)8)28-37-31(4,26-17-32(26,44-28)27(39)41-5)22-15-20(9-11-23(22)34)16-24(35)25-12-10-21(33)18-36-25/h10-13,16-17,19,27H,14-15,18,20H2,1-4,6-9H3;9-12,15-16,18,26H,13-14,17,19H2,1-8H3/b25-17-;24-16-/t27-,32+,33-;26-,31+,32-/m00/s1. The summed E-state index contributed by atoms with van der Waals surface area (Å²) in [5.41, 5.74) is -2.88. The van der Waals surface area contributed by atoms with E-state index in [-0.39, 0.29) is 52.0 Å². The molecule has 8 rings (SSSR count). The van der Waals surface area contributed by atoms with Gasteiger partial charge in [0.1, 0.15) is 57.4 Å². The molecule has 0 bridgehead atoms. The molecule has 2 aliphatic carbocycles. The summed E-state index contributed by atoms with van der Waals surface area (Å²) in [6.45, 7) is 34.8. The molecule has 2 amide bonds. The number of carbonyl (C=O) groups excluding carboxylic acids is 4. The van der Waals surface area contributed by atoms with Crippen LogP contribution in [-0.4, -0.2) is 132 Å². The van der Waals surface area contributed by atoms with Crippen molar-refractivity contribution in [2.24, 2.45) is 21.8 Å². The Morgan fingerprint density at radius 1 is 0.659 bits per heavy atom. The van der Waals surface area contributed by atoms with Crippen LogP contribution < -0.4 is 0 Å². The fourth-order valence-corrected chi connectivity index (χ4v) is 15.1. The van der Waals surface area contributed by atoms with E-state index in [0.29, 0.717) is 41.7 Å². The Bertz CT molecular complexity index is 3570. The summed E-state index contributed by atoms with van der Waals surface area (Å²) in [6, 6.07) is 16.2. The molecular weight excluding hydrogens is 1310 g/mol. The molecule has 4 aromatic rings. The zero-order chi connectivity index (χ0) is 67.5. The fourth-order valence-electron chi connectivity index (χ4n) is 10.2. The van der Waals surface area contributed by atoms with Gasteiger partial charge >= 0.3 is 24.1 Å². The average molecular weight is 1400 g/mol. The Hall–Kier alpha value is -6.22. The van der Waals surface area contributed by atoms with Gasteiger partial charge in [-0.05, 0) is 162 Å². The molecule has 91 heavy (non-hydrogen) atoms. The number of carbonyl (C=O) groups is 4. The molecule has 2 aliphatic heterocycles. The van der Waals surface area contributed by atoms with Crippen LogP contribution in [0.1, 0.15) is 102 Å². The van der Waals surface area contributed by atoms with Crippen LogP contribution in [0.3, 0.4) is 0 Å². The maximum absolute atomic E-state index is 15.7. The molecule has 26 heteroatoms. The third-order valence-electron chi connectivity index (χ3n) is 15.3. The number of benzene rings is 2. The maximum atomic E-state index is 15.7. The molecule has 2 aromatic carbocycles. The number of methoxy groups -OCH3 is 2. The predicted molar refractivity (Wildman–Crippen MR) is 358 cm³/mol. The predicted octanol–water partition coefficient (Wildman–Crippen LogP) is 16.3. The van der Waals surface area contributed by atoms with Gasteiger partial charge in [-0.3, -0.25) is 29.5 Å². The second kappa shape index (κ2) is 28.2. The van der Waals surface area contributed by atoms with Crippen LogP contribution >= 0.6 is 39.5 Å². The minimum Gasteiger partial charge on any atom is -0.468 e. The van der Waals surface area contributed by atoms with E-state index in [9.17, 15) is 19.2 Å². The van der Waals surface area contributed by atoms with Crippen molar-refractivity contribution >= 4 is 120 Å². The lowest BCUT2D eigenvalue weighted by Crippen LogP contribution is -2.47. The molecule has 0 unspecified atom stereocenters. The summed E-state index contributed by atoms with van der Waals surface area (Å²) in [6.07, 6.45) is 4.47. The van der Waals surface area contributed by atoms with E-state index in [1.807, 2.05) is 0 Å². The van der Waals surface area contributed by atoms with Crippen molar-refractivity contribution in [2.45, 2.75) is 151 Å². The lowest BCUT2D eigenvalue weighted by atomic mass is 9.84. The summed E-state index contributed by atoms with van der Waals surface area (Å²) in [4.78, 5) is 77.3. The van der Waals surface area contributed by atoms with E-state index >= 15 is 17.6 Å². The number of hydrogen-bond donors (Lipinski definition) is 0. The molecule has 6 atom stereocenters. The van der Waals surface area contributed by atoms with Crippen molar-refractivity contribution < 1.29 is 65.2 Å². The Kier molecular flexibility index (Phi) is 22.3. The SMILES string of the molecule is COC(=O)[C@]12C[C@H]1[C@@](C)(c1cc(/C=C(\F)c3ccc(Br)cn3)ccc1F)N=C(N(COCC[Si](C)(C)C)C(=O)OC(C)(C)C)S2.[C-]#[N+]c1ccc(/C(F)=C/c2ccc(F)c([C@@]3(C)N=C(N(COCC[Si](C)(C)C)C(=O)OC(C)(C)C)S[C@@]4(C(=O)OC)C[C@H]43)c2)nc1. The van der Waals surface area contributed by atoms with E-state index in [4.69, 9.17) is 45.0 Å². The van der Waals surface area contributed by atoms with Gasteiger partial charge in [0, 0.05) is 69.2 Å². The number of hydrogen-bond acceptors (Lipinski definition) is 16. The van der Waals surface area contributed by atoms with Crippen LogP contribution in [0.15, 0.2) is 87.5 Å². The number of amides is 2. The largest absolute Gasteiger partial charge is 0.468 e. The number of rotatable bonds is 18. The molecular formula is C65H80BrF4N7O10S2Si2. The maximum Gasteiger partial charge on any atom is 0.418 e. The monoisotopic (exact) mass is 1390 g/mol. The molecule has 490 valence electrons. The summed E-state index contributed by atoms with van der Waals surface area (Å²) < 4.78 is 94.0. The number of halogens is 5. The van der Waals surface area contributed by atoms with Crippen molar-refractivity contribution in [2.75, 3.05) is 40.9 Å². The van der Waals surface area contributed by atoms with Gasteiger partial charge in [-0.2, -0.15) is 0 Å². The van der Waals surface area contributed by atoms with E-state index < -0.39 is 107 Å². The molecule has 2 aromatic heterocycles. The normalized spacial score (nSPS) is 22.9. The minimum atomic E-state index is -1.43. The Morgan fingerprint density at radius 2 is 1.05 bits per heavy atom. The van der Waals surface area contributed by atoms with E-state index in [1.165, 1.54) is 103 Å². The average Bonchev–Trinajstić information content (AvgIpc) is 1.54. The first-order valence-corrected chi connectivity index (χ1v) is 39.4. The highest BCUT2D eigenvalue weighted by molar-refractivity contribution is 9.10. The van der Waals surface area contributed by atoms with Gasteiger partial charge in [-0.25, -0.2) is 41.8 Å². The topological polar surface area (TPSA) is 185 Å². The van der Waals surface area contributed by atoms with Crippen LogP contribution in [0.2, 0.25) is 51.4 Å². The molecule has 0 spiro atoms. The molecule has 4 heterocycles. The minimum absolute atomic E-state index is 0.0212. The highest BCUT2D eigenvalue weighted by atomic mass is 79.9. The molecule has 0 saturated heterocycles. The number of amidine groups is 2. The second-order valence-corrected chi connectivity index (χ2v) is 42.2. The van der Waals surface area contributed by atoms with Crippen molar-refractivity contribution in [3.8, 4) is 0 Å². The number of fused-ring (bicyclic) bond motifs is 2. The number of esters is 2. The van der Waals surface area contributed by atoms with Crippen molar-refractivity contribution in [3.63, 3.8) is 0 Å². The van der Waals surface area contributed by atoms with Crippen molar-refractivity contribution in [1.29, 1.82) is 0 Å². The van der Waals surface area contributed by atoms with Crippen LogP contribution in [0.5, 0.6) is 0 Å². The van der Waals surface area contributed by atoms with E-state index in [2.05, 4.69) is 70.0 Å². The summed E-state index contributed by atoms with van der Waals surface area (Å²) in [5, 5.41) is 0.295. The lowest BCUT2D eigenvalue weighted by molar-refractivity contribution is -0.142. The number of aromatic nitrogens is 2. The lowest BCUT2D eigenvalue weighted by Gasteiger charge is -2.37. The van der Waals surface area contributed by atoms with Gasteiger partial charge in [-0.1, -0.05) is 81.0 Å². The van der Waals surface area contributed by atoms with Crippen molar-refractivity contribution in [3.05, 3.63) is 134 Å². The Labute approximate surface area is 549 Å². The zero-order valence-electron chi connectivity index (χ0n) is 54.3. The van der Waals surface area contributed by atoms with E-state index in [1.54, 1.807) is 61.5 Å². The third kappa shape index (κ3) is 17.7. The number of thioether (sulfide) groups is 2. The smallest absolute Gasteiger partial charge is 0.418 e. The second-order valence-electron chi connectivity index (χ2n) is 27.4. The molecule has 2 saturated carbocycles. The Balaban J connectivity index is 0.000000259. The highest BCUT2D eigenvalue weighted by Gasteiger charge is 2.73. The molecule has 0 N–H and O–H groups in total.